The number of morpholine rings is 1. The fourth-order valence-electron chi connectivity index (χ4n) is 5.08. The summed E-state index contributed by atoms with van der Waals surface area (Å²) < 4.78 is 19.1. The number of benzene rings is 1. The predicted molar refractivity (Wildman–Crippen MR) is 131 cm³/mol. The summed E-state index contributed by atoms with van der Waals surface area (Å²) in [5, 5.41) is 9.46. The van der Waals surface area contributed by atoms with Crippen LogP contribution in [0.3, 0.4) is 0 Å². The van der Waals surface area contributed by atoms with E-state index < -0.39 is 0 Å². The predicted octanol–water partition coefficient (Wildman–Crippen LogP) is 3.37. The van der Waals surface area contributed by atoms with Crippen LogP contribution in [0.1, 0.15) is 40.0 Å². The van der Waals surface area contributed by atoms with Crippen LogP contribution in [0.5, 0.6) is 0 Å². The normalized spacial score (nSPS) is 22.1. The molecule has 3 N–H and O–H groups in total. The van der Waals surface area contributed by atoms with Crippen molar-refractivity contribution in [2.75, 3.05) is 31.6 Å². The Kier molecular flexibility index (Phi) is 5.50. The third-order valence-corrected chi connectivity index (χ3v) is 7.05. The van der Waals surface area contributed by atoms with Crippen molar-refractivity contribution in [3.63, 3.8) is 0 Å². The summed E-state index contributed by atoms with van der Waals surface area (Å²) in [6.07, 6.45) is 8.17. The van der Waals surface area contributed by atoms with Gasteiger partial charge in [0.15, 0.2) is 0 Å². The zero-order valence-electron chi connectivity index (χ0n) is 19.4. The molecule has 0 radical (unpaired) electrons. The molecule has 1 saturated heterocycles. The number of halogens is 1. The van der Waals surface area contributed by atoms with Gasteiger partial charge in [0.25, 0.3) is 5.91 Å². The maximum Gasteiger partial charge on any atom is 0.254 e. The van der Waals surface area contributed by atoms with E-state index in [0.717, 1.165) is 48.7 Å². The molecular formula is C26H27FN6O2. The van der Waals surface area contributed by atoms with Gasteiger partial charge in [0.1, 0.15) is 17.8 Å². The first kappa shape index (κ1) is 21.8. The van der Waals surface area contributed by atoms with Gasteiger partial charge in [-0.05, 0) is 42.3 Å². The fraction of sp³-hybridized carbons (Fsp3) is 0.308. The highest BCUT2D eigenvalue weighted by molar-refractivity contribution is 6.05. The molecule has 8 nitrogen and oxygen atoms in total. The number of allylic oxidation sites excluding steroid dienone is 2. The SMILES string of the molecule is C[C@H](c1ccc(Nc2ccc(C3=CNC4C=C(F)C=CN34)c3c2C(=O)NC3)nc1)N1CCOCC1. The van der Waals surface area contributed by atoms with Crippen LogP contribution in [-0.2, 0) is 11.3 Å². The summed E-state index contributed by atoms with van der Waals surface area (Å²) in [4.78, 5) is 21.8. The highest BCUT2D eigenvalue weighted by Crippen LogP contribution is 2.37. The van der Waals surface area contributed by atoms with Crippen LogP contribution in [0.2, 0.25) is 0 Å². The van der Waals surface area contributed by atoms with Crippen LogP contribution in [0.4, 0.5) is 15.9 Å². The number of ether oxygens (including phenoxy) is 1. The number of hydrogen-bond acceptors (Lipinski definition) is 7. The van der Waals surface area contributed by atoms with Crippen LogP contribution in [-0.4, -0.2) is 53.2 Å². The Morgan fingerprint density at radius 1 is 1.23 bits per heavy atom. The van der Waals surface area contributed by atoms with Gasteiger partial charge < -0.3 is 25.6 Å². The average molecular weight is 475 g/mol. The van der Waals surface area contributed by atoms with Crippen LogP contribution in [0.15, 0.2) is 60.8 Å². The Labute approximate surface area is 203 Å². The molecule has 6 rings (SSSR count). The largest absolute Gasteiger partial charge is 0.379 e. The quantitative estimate of drug-likeness (QED) is 0.613. The van der Waals surface area contributed by atoms with Crippen molar-refractivity contribution in [2.24, 2.45) is 0 Å². The molecule has 0 spiro atoms. The van der Waals surface area contributed by atoms with Gasteiger partial charge in [-0.25, -0.2) is 9.37 Å². The minimum atomic E-state index is -0.270. The number of anilines is 2. The summed E-state index contributed by atoms with van der Waals surface area (Å²) in [5.41, 5.74) is 5.21. The molecule has 4 aliphatic heterocycles. The summed E-state index contributed by atoms with van der Waals surface area (Å²) in [6, 6.07) is 8.19. The van der Waals surface area contributed by atoms with Crippen molar-refractivity contribution in [3.8, 4) is 0 Å². The number of carbonyl (C=O) groups excluding carboxylic acids is 1. The molecule has 180 valence electrons. The summed E-state index contributed by atoms with van der Waals surface area (Å²) in [5.74, 6) is 0.289. The zero-order valence-corrected chi connectivity index (χ0v) is 19.4. The molecule has 0 saturated carbocycles. The molecule has 5 heterocycles. The van der Waals surface area contributed by atoms with Crippen molar-refractivity contribution < 1.29 is 13.9 Å². The number of nitrogens with zero attached hydrogens (tertiary/aromatic N) is 3. The Hall–Kier alpha value is -3.69. The van der Waals surface area contributed by atoms with Crippen molar-refractivity contribution in [1.29, 1.82) is 0 Å². The second-order valence-corrected chi connectivity index (χ2v) is 9.04. The van der Waals surface area contributed by atoms with Gasteiger partial charge >= 0.3 is 0 Å². The molecule has 1 amide bonds. The molecule has 1 fully saturated rings. The lowest BCUT2D eigenvalue weighted by molar-refractivity contribution is 0.0198. The van der Waals surface area contributed by atoms with Gasteiger partial charge in [-0.3, -0.25) is 9.69 Å². The van der Waals surface area contributed by atoms with E-state index in [1.165, 1.54) is 12.2 Å². The minimum absolute atomic E-state index is 0.120. The first-order valence-electron chi connectivity index (χ1n) is 11.9. The molecule has 0 aliphatic carbocycles. The van der Waals surface area contributed by atoms with E-state index >= 15 is 0 Å². The van der Waals surface area contributed by atoms with E-state index in [2.05, 4.69) is 38.8 Å². The smallest absolute Gasteiger partial charge is 0.254 e. The molecule has 9 heteroatoms. The second kappa shape index (κ2) is 8.83. The summed E-state index contributed by atoms with van der Waals surface area (Å²) in [7, 11) is 0. The Morgan fingerprint density at radius 3 is 2.89 bits per heavy atom. The number of amides is 1. The van der Waals surface area contributed by atoms with Crippen LogP contribution < -0.4 is 16.0 Å². The van der Waals surface area contributed by atoms with E-state index in [0.29, 0.717) is 23.6 Å². The number of rotatable bonds is 5. The monoisotopic (exact) mass is 474 g/mol. The summed E-state index contributed by atoms with van der Waals surface area (Å²) in [6.45, 7) is 5.97. The molecule has 1 unspecified atom stereocenters. The maximum absolute atomic E-state index is 13.7. The van der Waals surface area contributed by atoms with Crippen LogP contribution >= 0.6 is 0 Å². The van der Waals surface area contributed by atoms with Gasteiger partial charge in [0.2, 0.25) is 0 Å². The third kappa shape index (κ3) is 3.96. The van der Waals surface area contributed by atoms with E-state index in [4.69, 9.17) is 4.74 Å². The van der Waals surface area contributed by atoms with E-state index in [9.17, 15) is 9.18 Å². The molecule has 0 bridgehead atoms. The maximum atomic E-state index is 13.7. The number of aromatic nitrogens is 1. The minimum Gasteiger partial charge on any atom is -0.379 e. The molecule has 1 aromatic carbocycles. The molecular weight excluding hydrogens is 447 g/mol. The number of nitrogens with one attached hydrogen (secondary N) is 3. The van der Waals surface area contributed by atoms with Gasteiger partial charge in [-0.15, -0.1) is 0 Å². The van der Waals surface area contributed by atoms with Gasteiger partial charge in [-0.1, -0.05) is 12.1 Å². The zero-order chi connectivity index (χ0) is 23.9. The van der Waals surface area contributed by atoms with E-state index in [1.54, 1.807) is 6.20 Å². The number of fused-ring (bicyclic) bond motifs is 2. The van der Waals surface area contributed by atoms with Crippen LogP contribution in [0.25, 0.3) is 5.70 Å². The lowest BCUT2D eigenvalue weighted by Gasteiger charge is -2.32. The molecule has 4 aliphatic rings. The Morgan fingerprint density at radius 2 is 2.09 bits per heavy atom. The first-order valence-corrected chi connectivity index (χ1v) is 11.9. The molecule has 35 heavy (non-hydrogen) atoms. The standard InChI is InChI=1S/C26H27FN6O2/c1-16(32-8-10-35-11-9-32)17-2-5-23(28-13-17)31-21-4-3-19(20-14-30-26(34)25(20)21)22-15-29-24-12-18(27)6-7-33(22)24/h2-7,12-13,15-16,24,29H,8-11,14H2,1H3,(H,28,31)(H,30,34)/t16-,24?/m1/s1. The Balaban J connectivity index is 1.24. The lowest BCUT2D eigenvalue weighted by atomic mass is 9.98. The van der Waals surface area contributed by atoms with E-state index in [-0.39, 0.29) is 23.9 Å². The number of hydrogen-bond donors (Lipinski definition) is 3. The van der Waals surface area contributed by atoms with Crippen molar-refractivity contribution >= 4 is 23.1 Å². The number of pyridine rings is 1. The van der Waals surface area contributed by atoms with E-state index in [1.807, 2.05) is 35.5 Å². The summed E-state index contributed by atoms with van der Waals surface area (Å²) >= 11 is 0. The molecule has 2 atom stereocenters. The topological polar surface area (TPSA) is 81.8 Å². The third-order valence-electron chi connectivity index (χ3n) is 7.05. The Bertz CT molecular complexity index is 1250. The average Bonchev–Trinajstić information content (AvgIpc) is 3.48. The number of carbonyl (C=O) groups is 1. The van der Waals surface area contributed by atoms with Crippen molar-refractivity contribution in [1.82, 2.24) is 25.4 Å². The highest BCUT2D eigenvalue weighted by Gasteiger charge is 2.32. The second-order valence-electron chi connectivity index (χ2n) is 9.04. The first-order chi connectivity index (χ1) is 17.1. The van der Waals surface area contributed by atoms with Crippen molar-refractivity contribution in [2.45, 2.75) is 25.7 Å². The molecule has 2 aromatic rings. The van der Waals surface area contributed by atoms with Gasteiger partial charge in [0.05, 0.1) is 30.2 Å². The van der Waals surface area contributed by atoms with Gasteiger partial charge in [-0.2, -0.15) is 0 Å². The van der Waals surface area contributed by atoms with Crippen molar-refractivity contribution in [3.05, 3.63) is 83.1 Å². The van der Waals surface area contributed by atoms with Crippen LogP contribution in [0, 0.1) is 0 Å². The molecule has 1 aromatic heterocycles. The fourth-order valence-corrected chi connectivity index (χ4v) is 5.08. The lowest BCUT2D eigenvalue weighted by Crippen LogP contribution is -2.38. The highest BCUT2D eigenvalue weighted by atomic mass is 19.1. The van der Waals surface area contributed by atoms with Gasteiger partial charge in [0, 0.05) is 49.8 Å².